The summed E-state index contributed by atoms with van der Waals surface area (Å²) in [4.78, 5) is 9.04. The quantitative estimate of drug-likeness (QED) is 0.554. The monoisotopic (exact) mass is 291 g/mol. The predicted molar refractivity (Wildman–Crippen MR) is 82.2 cm³/mol. The molecule has 0 N–H and O–H groups in total. The van der Waals surface area contributed by atoms with E-state index in [1.807, 2.05) is 50.2 Å². The Morgan fingerprint density at radius 2 is 1.82 bits per heavy atom. The Balaban J connectivity index is 1.90. The molecule has 0 aliphatic heterocycles. The number of nitrogens with zero attached hydrogens (tertiary/aromatic N) is 3. The normalized spacial score (nSPS) is 11.2. The molecule has 1 aromatic carbocycles. The van der Waals surface area contributed by atoms with E-state index in [1.165, 1.54) is 0 Å². The van der Waals surface area contributed by atoms with Crippen LogP contribution >= 0.6 is 0 Å². The smallest absolute Gasteiger partial charge is 0.261 e. The van der Waals surface area contributed by atoms with Crippen LogP contribution in [-0.4, -0.2) is 15.1 Å². The Morgan fingerprint density at radius 3 is 2.64 bits per heavy atom. The molecular formula is C17H13N3O2. The molecule has 4 rings (SSSR count). The summed E-state index contributed by atoms with van der Waals surface area (Å²) >= 11 is 0. The van der Waals surface area contributed by atoms with Crippen LogP contribution in [0.2, 0.25) is 0 Å². The first-order chi connectivity index (χ1) is 10.7. The summed E-state index contributed by atoms with van der Waals surface area (Å²) in [5, 5.41) is 5.12. The van der Waals surface area contributed by atoms with Gasteiger partial charge in [-0.2, -0.15) is 4.98 Å². The van der Waals surface area contributed by atoms with Crippen molar-refractivity contribution in [3.63, 3.8) is 0 Å². The standard InChI is InChI=1S/C17H13N3O2/c1-10-9-14(13-5-3-4-6-15(13)18-10)16-19-17(22-20-16)12-7-8-21-11(12)2/h3-9H,1-2H3. The van der Waals surface area contributed by atoms with Crippen LogP contribution in [-0.2, 0) is 0 Å². The Bertz CT molecular complexity index is 969. The van der Waals surface area contributed by atoms with Crippen LogP contribution in [0.5, 0.6) is 0 Å². The molecule has 22 heavy (non-hydrogen) atoms. The minimum absolute atomic E-state index is 0.458. The minimum Gasteiger partial charge on any atom is -0.469 e. The number of aryl methyl sites for hydroxylation is 2. The van der Waals surface area contributed by atoms with Crippen LogP contribution in [0.3, 0.4) is 0 Å². The average Bonchev–Trinajstić information content (AvgIpc) is 3.14. The Hall–Kier alpha value is -2.95. The van der Waals surface area contributed by atoms with Gasteiger partial charge in [-0.1, -0.05) is 23.4 Å². The van der Waals surface area contributed by atoms with Crippen molar-refractivity contribution in [2.24, 2.45) is 0 Å². The maximum atomic E-state index is 5.39. The number of benzene rings is 1. The molecule has 0 radical (unpaired) electrons. The number of fused-ring (bicyclic) bond motifs is 1. The summed E-state index contributed by atoms with van der Waals surface area (Å²) in [6, 6.07) is 11.7. The van der Waals surface area contributed by atoms with Crippen molar-refractivity contribution in [2.45, 2.75) is 13.8 Å². The molecule has 0 fully saturated rings. The summed E-state index contributed by atoms with van der Waals surface area (Å²) in [6.07, 6.45) is 1.61. The van der Waals surface area contributed by atoms with E-state index in [9.17, 15) is 0 Å². The lowest BCUT2D eigenvalue weighted by atomic mass is 10.1. The molecule has 0 aliphatic rings. The van der Waals surface area contributed by atoms with Gasteiger partial charge in [0.05, 0.1) is 17.3 Å². The van der Waals surface area contributed by atoms with Crippen molar-refractivity contribution in [3.8, 4) is 22.8 Å². The summed E-state index contributed by atoms with van der Waals surface area (Å²) in [7, 11) is 0. The van der Waals surface area contributed by atoms with Gasteiger partial charge < -0.3 is 8.94 Å². The lowest BCUT2D eigenvalue weighted by molar-refractivity contribution is 0.430. The second-order valence-electron chi connectivity index (χ2n) is 5.14. The van der Waals surface area contributed by atoms with E-state index < -0.39 is 0 Å². The number of pyridine rings is 1. The van der Waals surface area contributed by atoms with Gasteiger partial charge in [-0.15, -0.1) is 0 Å². The maximum Gasteiger partial charge on any atom is 0.261 e. The molecule has 3 aromatic heterocycles. The van der Waals surface area contributed by atoms with Gasteiger partial charge in [0.15, 0.2) is 0 Å². The van der Waals surface area contributed by atoms with Crippen LogP contribution in [0.4, 0.5) is 0 Å². The van der Waals surface area contributed by atoms with Gasteiger partial charge in [0.2, 0.25) is 5.82 Å². The van der Waals surface area contributed by atoms with Gasteiger partial charge in [0, 0.05) is 16.6 Å². The van der Waals surface area contributed by atoms with Crippen LogP contribution < -0.4 is 0 Å². The predicted octanol–water partition coefficient (Wildman–Crippen LogP) is 4.16. The molecule has 0 saturated carbocycles. The van der Waals surface area contributed by atoms with E-state index in [4.69, 9.17) is 8.94 Å². The molecule has 3 heterocycles. The van der Waals surface area contributed by atoms with E-state index in [0.29, 0.717) is 11.7 Å². The Labute approximate surface area is 126 Å². The van der Waals surface area contributed by atoms with Gasteiger partial charge in [0.25, 0.3) is 5.89 Å². The van der Waals surface area contributed by atoms with E-state index in [-0.39, 0.29) is 0 Å². The maximum absolute atomic E-state index is 5.39. The zero-order valence-corrected chi connectivity index (χ0v) is 12.2. The van der Waals surface area contributed by atoms with E-state index in [0.717, 1.165) is 33.5 Å². The molecule has 0 bridgehead atoms. The highest BCUT2D eigenvalue weighted by molar-refractivity contribution is 5.92. The van der Waals surface area contributed by atoms with Crippen molar-refractivity contribution in [2.75, 3.05) is 0 Å². The molecular weight excluding hydrogens is 278 g/mol. The number of rotatable bonds is 2. The largest absolute Gasteiger partial charge is 0.469 e. The molecule has 0 aliphatic carbocycles. The molecule has 108 valence electrons. The first-order valence-corrected chi connectivity index (χ1v) is 6.97. The van der Waals surface area contributed by atoms with Gasteiger partial charge >= 0.3 is 0 Å². The van der Waals surface area contributed by atoms with Crippen LogP contribution in [0, 0.1) is 13.8 Å². The summed E-state index contributed by atoms with van der Waals surface area (Å²) in [5.74, 6) is 1.77. The number of hydrogen-bond donors (Lipinski definition) is 0. The molecule has 0 atom stereocenters. The zero-order valence-electron chi connectivity index (χ0n) is 12.2. The fourth-order valence-corrected chi connectivity index (χ4v) is 2.54. The highest BCUT2D eigenvalue weighted by Crippen LogP contribution is 2.29. The fourth-order valence-electron chi connectivity index (χ4n) is 2.54. The van der Waals surface area contributed by atoms with Crippen LogP contribution in [0.1, 0.15) is 11.5 Å². The number of aromatic nitrogens is 3. The second kappa shape index (κ2) is 4.80. The van der Waals surface area contributed by atoms with Crippen LogP contribution in [0.25, 0.3) is 33.7 Å². The molecule has 0 saturated heterocycles. The van der Waals surface area contributed by atoms with Gasteiger partial charge in [-0.3, -0.25) is 4.98 Å². The molecule has 0 amide bonds. The van der Waals surface area contributed by atoms with E-state index in [2.05, 4.69) is 15.1 Å². The van der Waals surface area contributed by atoms with Crippen molar-refractivity contribution < 1.29 is 8.94 Å². The first kappa shape index (κ1) is 12.8. The fraction of sp³-hybridized carbons (Fsp3) is 0.118. The van der Waals surface area contributed by atoms with E-state index in [1.54, 1.807) is 6.26 Å². The molecule has 5 nitrogen and oxygen atoms in total. The third-order valence-corrected chi connectivity index (χ3v) is 3.60. The minimum atomic E-state index is 0.458. The third kappa shape index (κ3) is 1.98. The number of hydrogen-bond acceptors (Lipinski definition) is 5. The number of para-hydroxylation sites is 1. The molecule has 0 spiro atoms. The van der Waals surface area contributed by atoms with Gasteiger partial charge in [-0.05, 0) is 32.0 Å². The van der Waals surface area contributed by atoms with Crippen molar-refractivity contribution in [1.82, 2.24) is 15.1 Å². The van der Waals surface area contributed by atoms with Gasteiger partial charge in [0.1, 0.15) is 5.76 Å². The van der Waals surface area contributed by atoms with Crippen molar-refractivity contribution in [3.05, 3.63) is 54.1 Å². The van der Waals surface area contributed by atoms with Gasteiger partial charge in [-0.25, -0.2) is 0 Å². The molecule has 5 heteroatoms. The molecule has 4 aromatic rings. The van der Waals surface area contributed by atoms with Crippen LogP contribution in [0.15, 0.2) is 51.6 Å². The number of furan rings is 1. The third-order valence-electron chi connectivity index (χ3n) is 3.60. The summed E-state index contributed by atoms with van der Waals surface area (Å²) < 4.78 is 10.7. The lowest BCUT2D eigenvalue weighted by Gasteiger charge is -2.03. The highest BCUT2D eigenvalue weighted by Gasteiger charge is 2.16. The SMILES string of the molecule is Cc1cc(-c2noc(-c3ccoc3C)n2)c2ccccc2n1. The van der Waals surface area contributed by atoms with Crippen molar-refractivity contribution in [1.29, 1.82) is 0 Å². The highest BCUT2D eigenvalue weighted by atomic mass is 16.5. The summed E-state index contributed by atoms with van der Waals surface area (Å²) in [5.41, 5.74) is 3.57. The average molecular weight is 291 g/mol. The summed E-state index contributed by atoms with van der Waals surface area (Å²) in [6.45, 7) is 3.82. The molecule has 0 unspecified atom stereocenters. The zero-order chi connectivity index (χ0) is 15.1. The second-order valence-corrected chi connectivity index (χ2v) is 5.14. The lowest BCUT2D eigenvalue weighted by Crippen LogP contribution is -1.89. The van der Waals surface area contributed by atoms with E-state index >= 15 is 0 Å². The van der Waals surface area contributed by atoms with Crippen molar-refractivity contribution >= 4 is 10.9 Å². The Kier molecular flexibility index (Phi) is 2.79. The first-order valence-electron chi connectivity index (χ1n) is 6.97. The Morgan fingerprint density at radius 1 is 0.955 bits per heavy atom. The topological polar surface area (TPSA) is 65.0 Å².